The standard InChI is InChI=1S/C27H40N4O6/c1-18(2)14-23-27(35)31(12-13-36-3)16-24(32)29-22(26(34)28-20-6-4-5-7-20)15-19-8-10-21(11-9-19)37-17-25(33)30-23/h8-11,18,20,22-23H,4-7,12-17H2,1-3H3,(H,28,34)(H,29,32)(H,30,33)/t22-,23-/m0/s1. The minimum Gasteiger partial charge on any atom is -0.484 e. The summed E-state index contributed by atoms with van der Waals surface area (Å²) in [6.07, 6.45) is 4.70. The molecule has 0 radical (unpaired) electrons. The summed E-state index contributed by atoms with van der Waals surface area (Å²) in [5.74, 6) is -0.865. The Kier molecular flexibility index (Phi) is 10.7. The number of hydrogen-bond acceptors (Lipinski definition) is 6. The van der Waals surface area contributed by atoms with E-state index in [1.165, 1.54) is 12.0 Å². The second-order valence-electron chi connectivity index (χ2n) is 10.2. The minimum atomic E-state index is -0.822. The number of benzene rings is 1. The van der Waals surface area contributed by atoms with Crippen LogP contribution < -0.4 is 20.7 Å². The van der Waals surface area contributed by atoms with Gasteiger partial charge in [-0.15, -0.1) is 0 Å². The third-order valence-corrected chi connectivity index (χ3v) is 6.64. The Morgan fingerprint density at radius 3 is 2.46 bits per heavy atom. The number of fused-ring (bicyclic) bond motifs is 13. The van der Waals surface area contributed by atoms with Crippen molar-refractivity contribution in [1.29, 1.82) is 0 Å². The first kappa shape index (κ1) is 28.4. The molecule has 3 N–H and O–H groups in total. The molecule has 10 heteroatoms. The van der Waals surface area contributed by atoms with Gasteiger partial charge in [0.1, 0.15) is 17.8 Å². The average Bonchev–Trinajstić information content (AvgIpc) is 3.37. The van der Waals surface area contributed by atoms with Crippen LogP contribution in [0.5, 0.6) is 5.75 Å². The normalized spacial score (nSPS) is 22.1. The van der Waals surface area contributed by atoms with Crippen molar-refractivity contribution >= 4 is 23.6 Å². The summed E-state index contributed by atoms with van der Waals surface area (Å²) in [4.78, 5) is 53.8. The number of rotatable bonds is 7. The zero-order valence-corrected chi connectivity index (χ0v) is 22.1. The Balaban J connectivity index is 1.87. The van der Waals surface area contributed by atoms with Gasteiger partial charge >= 0.3 is 0 Å². The van der Waals surface area contributed by atoms with Crippen LogP contribution in [0.25, 0.3) is 0 Å². The fraction of sp³-hybridized carbons (Fsp3) is 0.630. The summed E-state index contributed by atoms with van der Waals surface area (Å²) >= 11 is 0. The highest BCUT2D eigenvalue weighted by Crippen LogP contribution is 2.19. The van der Waals surface area contributed by atoms with Crippen LogP contribution in [-0.4, -0.2) is 80.1 Å². The summed E-state index contributed by atoms with van der Waals surface area (Å²) < 4.78 is 10.8. The minimum absolute atomic E-state index is 0.112. The molecule has 3 aliphatic rings. The highest BCUT2D eigenvalue weighted by Gasteiger charge is 2.30. The number of hydrogen-bond donors (Lipinski definition) is 3. The number of carbonyl (C=O) groups is 4. The van der Waals surface area contributed by atoms with Gasteiger partial charge in [-0.1, -0.05) is 38.8 Å². The van der Waals surface area contributed by atoms with E-state index in [0.717, 1.165) is 31.2 Å². The van der Waals surface area contributed by atoms with Crippen LogP contribution in [0.4, 0.5) is 0 Å². The fourth-order valence-corrected chi connectivity index (χ4v) is 4.72. The lowest BCUT2D eigenvalue weighted by Crippen LogP contribution is -2.55. The van der Waals surface area contributed by atoms with Gasteiger partial charge in [0.2, 0.25) is 17.7 Å². The van der Waals surface area contributed by atoms with Crippen LogP contribution in [0.3, 0.4) is 0 Å². The Morgan fingerprint density at radius 1 is 1.11 bits per heavy atom. The first-order chi connectivity index (χ1) is 17.7. The van der Waals surface area contributed by atoms with E-state index in [2.05, 4.69) is 16.0 Å². The lowest BCUT2D eigenvalue weighted by molar-refractivity contribution is -0.141. The summed E-state index contributed by atoms with van der Waals surface area (Å²) in [6.45, 7) is 3.80. The Bertz CT molecular complexity index is 929. The van der Waals surface area contributed by atoms with E-state index in [9.17, 15) is 19.2 Å². The van der Waals surface area contributed by atoms with E-state index in [-0.39, 0.29) is 56.5 Å². The van der Waals surface area contributed by atoms with Gasteiger partial charge in [0.15, 0.2) is 6.61 Å². The first-order valence-corrected chi connectivity index (χ1v) is 13.1. The van der Waals surface area contributed by atoms with Gasteiger partial charge in [0.25, 0.3) is 5.91 Å². The third-order valence-electron chi connectivity index (χ3n) is 6.64. The monoisotopic (exact) mass is 516 g/mol. The van der Waals surface area contributed by atoms with Gasteiger partial charge < -0.3 is 30.3 Å². The molecular weight excluding hydrogens is 476 g/mol. The lowest BCUT2D eigenvalue weighted by Gasteiger charge is -2.29. The second kappa shape index (κ2) is 14.0. The summed E-state index contributed by atoms with van der Waals surface area (Å²) in [5, 5.41) is 8.69. The number of nitrogens with one attached hydrogen (secondary N) is 3. The van der Waals surface area contributed by atoms with Crippen molar-refractivity contribution in [1.82, 2.24) is 20.9 Å². The number of methoxy groups -OCH3 is 1. The number of amides is 4. The predicted molar refractivity (Wildman–Crippen MR) is 138 cm³/mol. The van der Waals surface area contributed by atoms with Crippen molar-refractivity contribution in [3.05, 3.63) is 29.8 Å². The lowest BCUT2D eigenvalue weighted by atomic mass is 10.0. The molecule has 1 aromatic carbocycles. The molecule has 4 rings (SSSR count). The molecule has 2 aliphatic heterocycles. The van der Waals surface area contributed by atoms with E-state index in [1.807, 2.05) is 26.0 Å². The summed E-state index contributed by atoms with van der Waals surface area (Å²) in [6, 6.07) is 5.59. The Morgan fingerprint density at radius 2 is 1.81 bits per heavy atom. The van der Waals surface area contributed by atoms with Gasteiger partial charge in [0.05, 0.1) is 13.2 Å². The molecular formula is C27H40N4O6. The van der Waals surface area contributed by atoms with E-state index in [4.69, 9.17) is 9.47 Å². The van der Waals surface area contributed by atoms with Crippen LogP contribution in [0.15, 0.2) is 24.3 Å². The largest absolute Gasteiger partial charge is 0.484 e. The van der Waals surface area contributed by atoms with Crippen molar-refractivity contribution in [3.63, 3.8) is 0 Å². The van der Waals surface area contributed by atoms with Crippen molar-refractivity contribution < 1.29 is 28.7 Å². The van der Waals surface area contributed by atoms with Gasteiger partial charge in [0, 0.05) is 26.1 Å². The quantitative estimate of drug-likeness (QED) is 0.467. The average molecular weight is 517 g/mol. The van der Waals surface area contributed by atoms with E-state index in [1.54, 1.807) is 12.1 Å². The van der Waals surface area contributed by atoms with Crippen LogP contribution in [0, 0.1) is 5.92 Å². The molecule has 2 bridgehead atoms. The van der Waals surface area contributed by atoms with Gasteiger partial charge in [-0.25, -0.2) is 0 Å². The van der Waals surface area contributed by atoms with Crippen LogP contribution >= 0.6 is 0 Å². The molecule has 4 amide bonds. The summed E-state index contributed by atoms with van der Waals surface area (Å²) in [7, 11) is 1.51. The molecule has 0 saturated heterocycles. The zero-order valence-electron chi connectivity index (χ0n) is 22.1. The molecule has 1 aromatic rings. The van der Waals surface area contributed by atoms with E-state index < -0.39 is 23.9 Å². The van der Waals surface area contributed by atoms with Crippen LogP contribution in [0.1, 0.15) is 51.5 Å². The molecule has 2 atom stereocenters. The van der Waals surface area contributed by atoms with Gasteiger partial charge in [-0.05, 0) is 42.9 Å². The maximum Gasteiger partial charge on any atom is 0.258 e. The van der Waals surface area contributed by atoms with Crippen LogP contribution in [0.2, 0.25) is 0 Å². The van der Waals surface area contributed by atoms with Crippen molar-refractivity contribution in [2.75, 3.05) is 33.4 Å². The molecule has 1 saturated carbocycles. The number of carbonyl (C=O) groups excluding carboxylic acids is 4. The van der Waals surface area contributed by atoms with Crippen molar-refractivity contribution in [3.8, 4) is 5.75 Å². The molecule has 204 valence electrons. The molecule has 37 heavy (non-hydrogen) atoms. The fourth-order valence-electron chi connectivity index (χ4n) is 4.72. The maximum absolute atomic E-state index is 13.5. The topological polar surface area (TPSA) is 126 Å². The van der Waals surface area contributed by atoms with E-state index >= 15 is 0 Å². The molecule has 0 aromatic heterocycles. The van der Waals surface area contributed by atoms with Crippen LogP contribution in [-0.2, 0) is 30.3 Å². The summed E-state index contributed by atoms with van der Waals surface area (Å²) in [5.41, 5.74) is 0.833. The Hall–Kier alpha value is -3.14. The number of nitrogens with zero attached hydrogens (tertiary/aromatic N) is 1. The molecule has 1 aliphatic carbocycles. The zero-order chi connectivity index (χ0) is 26.8. The maximum atomic E-state index is 13.5. The molecule has 10 nitrogen and oxygen atoms in total. The molecule has 1 fully saturated rings. The highest BCUT2D eigenvalue weighted by atomic mass is 16.5. The molecule has 0 spiro atoms. The smallest absolute Gasteiger partial charge is 0.258 e. The molecule has 2 heterocycles. The predicted octanol–water partition coefficient (Wildman–Crippen LogP) is 1.17. The number of ether oxygens (including phenoxy) is 2. The van der Waals surface area contributed by atoms with Gasteiger partial charge in [-0.2, -0.15) is 0 Å². The van der Waals surface area contributed by atoms with E-state index in [0.29, 0.717) is 12.2 Å². The highest BCUT2D eigenvalue weighted by molar-refractivity contribution is 5.93. The second-order valence-corrected chi connectivity index (χ2v) is 10.2. The van der Waals surface area contributed by atoms with Gasteiger partial charge in [-0.3, -0.25) is 19.2 Å². The molecule has 0 unspecified atom stereocenters. The third kappa shape index (κ3) is 9.03. The SMILES string of the molecule is COCCN1CC(=O)N[C@H](C(=O)NC2CCCC2)Cc2ccc(cc2)OCC(=O)N[C@@H](CC(C)C)C1=O. The van der Waals surface area contributed by atoms with Crippen molar-refractivity contribution in [2.24, 2.45) is 5.92 Å². The Labute approximate surface area is 218 Å². The first-order valence-electron chi connectivity index (χ1n) is 13.1. The van der Waals surface area contributed by atoms with Crippen molar-refractivity contribution in [2.45, 2.75) is 70.5 Å².